The maximum absolute atomic E-state index is 12.7. The summed E-state index contributed by atoms with van der Waals surface area (Å²) in [4.78, 5) is 12.7. The van der Waals surface area contributed by atoms with Crippen molar-refractivity contribution >= 4 is 5.97 Å². The van der Waals surface area contributed by atoms with Crippen LogP contribution in [0, 0.1) is 0 Å². The lowest BCUT2D eigenvalue weighted by atomic mass is 9.77. The minimum atomic E-state index is -1.26. The average molecular weight is 362 g/mol. The normalized spacial score (nSPS) is 18.9. The molecular weight excluding hydrogens is 348 g/mol. The van der Waals surface area contributed by atoms with Crippen molar-refractivity contribution in [3.8, 4) is 28.7 Å². The molecule has 6 nitrogen and oxygen atoms in total. The smallest absolute Gasteiger partial charge is 0.340 e. The van der Waals surface area contributed by atoms with Crippen LogP contribution in [0.4, 0.5) is 0 Å². The van der Waals surface area contributed by atoms with Gasteiger partial charge in [-0.3, -0.25) is 0 Å². The van der Waals surface area contributed by atoms with E-state index in [1.807, 2.05) is 12.1 Å². The van der Waals surface area contributed by atoms with E-state index in [2.05, 4.69) is 0 Å². The third kappa shape index (κ3) is 1.87. The van der Waals surface area contributed by atoms with E-state index in [-0.39, 0.29) is 23.0 Å². The van der Waals surface area contributed by atoms with E-state index in [0.29, 0.717) is 28.0 Å². The summed E-state index contributed by atoms with van der Waals surface area (Å²) in [6.45, 7) is 0. The Morgan fingerprint density at radius 2 is 1.74 bits per heavy atom. The van der Waals surface area contributed by atoms with Crippen LogP contribution in [-0.2, 0) is 10.3 Å². The fraction of sp³-hybridized carbons (Fsp3) is 0.0952. The average Bonchev–Trinajstić information content (AvgIpc) is 2.95. The van der Waals surface area contributed by atoms with E-state index in [0.717, 1.165) is 0 Å². The summed E-state index contributed by atoms with van der Waals surface area (Å²) in [5, 5.41) is 20.1. The molecule has 0 saturated heterocycles. The Morgan fingerprint density at radius 3 is 2.56 bits per heavy atom. The second-order valence-corrected chi connectivity index (χ2v) is 6.39. The van der Waals surface area contributed by atoms with Gasteiger partial charge in [0.2, 0.25) is 5.75 Å². The Labute approximate surface area is 154 Å². The van der Waals surface area contributed by atoms with Crippen molar-refractivity contribution in [2.45, 2.75) is 5.60 Å². The first-order valence-corrected chi connectivity index (χ1v) is 8.31. The van der Waals surface area contributed by atoms with Crippen molar-refractivity contribution in [2.24, 2.45) is 0 Å². The third-order valence-corrected chi connectivity index (χ3v) is 5.00. The molecule has 134 valence electrons. The Balaban J connectivity index is 1.93. The number of hydrogen-bond donors (Lipinski definition) is 2. The number of fused-ring (bicyclic) bond motifs is 6. The van der Waals surface area contributed by atoms with Gasteiger partial charge in [-0.25, -0.2) is 4.79 Å². The summed E-state index contributed by atoms with van der Waals surface area (Å²) in [6, 6.07) is 14.9. The Morgan fingerprint density at radius 1 is 0.963 bits per heavy atom. The number of phenols is 2. The second-order valence-electron chi connectivity index (χ2n) is 6.39. The standard InChI is InChI=1S/C21H14O6/c1-25-19-16(23)9-8-15-18(19)26-17-10-11(22)6-7-14(17)21(15)13-5-3-2-4-12(13)20(24)27-21/h2-10,22-23H,1H3. The van der Waals surface area contributed by atoms with Gasteiger partial charge in [0.05, 0.1) is 18.2 Å². The third-order valence-electron chi connectivity index (χ3n) is 5.00. The highest BCUT2D eigenvalue weighted by atomic mass is 16.6. The first-order valence-electron chi connectivity index (χ1n) is 8.31. The number of aromatic hydroxyl groups is 2. The molecule has 3 aromatic rings. The molecule has 3 aromatic carbocycles. The molecular formula is C21H14O6. The van der Waals surface area contributed by atoms with Gasteiger partial charge in [-0.1, -0.05) is 18.2 Å². The fourth-order valence-electron chi connectivity index (χ4n) is 3.89. The summed E-state index contributed by atoms with van der Waals surface area (Å²) in [7, 11) is 1.41. The topological polar surface area (TPSA) is 85.2 Å². The molecule has 1 atom stereocenters. The van der Waals surface area contributed by atoms with Crippen LogP contribution in [0.5, 0.6) is 28.7 Å². The quantitative estimate of drug-likeness (QED) is 0.643. The first-order chi connectivity index (χ1) is 13.1. The molecule has 0 bridgehead atoms. The van der Waals surface area contributed by atoms with E-state index < -0.39 is 11.6 Å². The monoisotopic (exact) mass is 362 g/mol. The first kappa shape index (κ1) is 15.6. The summed E-state index contributed by atoms with van der Waals surface area (Å²) < 4.78 is 17.2. The van der Waals surface area contributed by atoms with E-state index >= 15 is 0 Å². The van der Waals surface area contributed by atoms with Crippen LogP contribution in [0.3, 0.4) is 0 Å². The number of ether oxygens (including phenoxy) is 3. The fourth-order valence-corrected chi connectivity index (χ4v) is 3.89. The molecule has 0 amide bonds. The van der Waals surface area contributed by atoms with Gasteiger partial charge in [-0.15, -0.1) is 0 Å². The van der Waals surface area contributed by atoms with Crippen LogP contribution >= 0.6 is 0 Å². The van der Waals surface area contributed by atoms with E-state index in [1.54, 1.807) is 24.3 Å². The number of hydrogen-bond acceptors (Lipinski definition) is 6. The molecule has 2 aliphatic rings. The predicted octanol–water partition coefficient (Wildman–Crippen LogP) is 3.67. The van der Waals surface area contributed by atoms with Crippen LogP contribution in [-0.4, -0.2) is 23.3 Å². The van der Waals surface area contributed by atoms with Crippen molar-refractivity contribution in [1.82, 2.24) is 0 Å². The van der Waals surface area contributed by atoms with Crippen LogP contribution in [0.25, 0.3) is 0 Å². The lowest BCUT2D eigenvalue weighted by molar-refractivity contribution is 0.0222. The van der Waals surface area contributed by atoms with Gasteiger partial charge in [0, 0.05) is 17.2 Å². The second kappa shape index (κ2) is 5.17. The SMILES string of the molecule is COc1c(O)ccc2c1Oc1cc(O)ccc1C21OC(=O)c2ccccc21. The van der Waals surface area contributed by atoms with Crippen LogP contribution in [0.1, 0.15) is 27.0 Å². The van der Waals surface area contributed by atoms with Crippen molar-refractivity contribution in [3.63, 3.8) is 0 Å². The summed E-state index contributed by atoms with van der Waals surface area (Å²) in [6.07, 6.45) is 0. The molecule has 0 aromatic heterocycles. The lowest BCUT2D eigenvalue weighted by Gasteiger charge is -2.37. The highest BCUT2D eigenvalue weighted by molar-refractivity contribution is 5.97. The number of rotatable bonds is 1. The zero-order valence-corrected chi connectivity index (χ0v) is 14.2. The van der Waals surface area contributed by atoms with Gasteiger partial charge in [0.1, 0.15) is 11.5 Å². The molecule has 0 saturated carbocycles. The van der Waals surface area contributed by atoms with Gasteiger partial charge in [-0.2, -0.15) is 0 Å². The predicted molar refractivity (Wildman–Crippen MR) is 94.6 cm³/mol. The number of esters is 1. The Kier molecular flexibility index (Phi) is 2.98. The Bertz CT molecular complexity index is 1120. The van der Waals surface area contributed by atoms with E-state index in [9.17, 15) is 15.0 Å². The zero-order chi connectivity index (χ0) is 18.8. The molecule has 2 heterocycles. The number of phenolic OH excluding ortho intramolecular Hbond substituents is 2. The molecule has 6 heteroatoms. The largest absolute Gasteiger partial charge is 0.508 e. The van der Waals surface area contributed by atoms with Crippen molar-refractivity contribution in [2.75, 3.05) is 7.11 Å². The maximum Gasteiger partial charge on any atom is 0.340 e. The number of carbonyl (C=O) groups excluding carboxylic acids is 1. The van der Waals surface area contributed by atoms with E-state index in [4.69, 9.17) is 14.2 Å². The molecule has 0 aliphatic carbocycles. The molecule has 27 heavy (non-hydrogen) atoms. The molecule has 0 radical (unpaired) electrons. The highest BCUT2D eigenvalue weighted by Gasteiger charge is 2.54. The lowest BCUT2D eigenvalue weighted by Crippen LogP contribution is -2.33. The van der Waals surface area contributed by atoms with Gasteiger partial charge in [0.25, 0.3) is 0 Å². The number of methoxy groups -OCH3 is 1. The summed E-state index contributed by atoms with van der Waals surface area (Å²) in [5.41, 5.74) is 0.980. The van der Waals surface area contributed by atoms with Crippen molar-refractivity contribution in [1.29, 1.82) is 0 Å². The Hall–Kier alpha value is -3.67. The van der Waals surface area contributed by atoms with Crippen LogP contribution in [0.15, 0.2) is 54.6 Å². The number of benzene rings is 3. The zero-order valence-electron chi connectivity index (χ0n) is 14.2. The molecule has 1 unspecified atom stereocenters. The molecule has 2 N–H and O–H groups in total. The van der Waals surface area contributed by atoms with Crippen molar-refractivity contribution in [3.05, 3.63) is 76.9 Å². The minimum absolute atomic E-state index is 0.00378. The van der Waals surface area contributed by atoms with Gasteiger partial charge >= 0.3 is 5.97 Å². The molecule has 0 fully saturated rings. The molecule has 1 spiro atoms. The molecule has 5 rings (SSSR count). The van der Waals surface area contributed by atoms with Gasteiger partial charge in [0.15, 0.2) is 17.1 Å². The van der Waals surface area contributed by atoms with Crippen molar-refractivity contribution < 1.29 is 29.2 Å². The number of carbonyl (C=O) groups is 1. The minimum Gasteiger partial charge on any atom is -0.508 e. The van der Waals surface area contributed by atoms with Crippen LogP contribution in [0.2, 0.25) is 0 Å². The van der Waals surface area contributed by atoms with Gasteiger partial charge < -0.3 is 24.4 Å². The van der Waals surface area contributed by atoms with Gasteiger partial charge in [-0.05, 0) is 30.3 Å². The van der Waals surface area contributed by atoms with E-state index in [1.165, 1.54) is 25.3 Å². The summed E-state index contributed by atoms with van der Waals surface area (Å²) in [5.74, 6) is 0.124. The highest BCUT2D eigenvalue weighted by Crippen LogP contribution is 2.59. The maximum atomic E-state index is 12.7. The molecule has 2 aliphatic heterocycles. The van der Waals surface area contributed by atoms with Crippen LogP contribution < -0.4 is 9.47 Å². The summed E-state index contributed by atoms with van der Waals surface area (Å²) >= 11 is 0.